The topological polar surface area (TPSA) is 219 Å². The molecule has 1 unspecified atom stereocenters. The molecule has 0 aromatic carbocycles. The summed E-state index contributed by atoms with van der Waals surface area (Å²) < 4.78 is 25.1. The second-order valence-corrected chi connectivity index (χ2v) is 20.3. The average molecular weight is 785 g/mol. The highest BCUT2D eigenvalue weighted by atomic mass is 16.8. The summed E-state index contributed by atoms with van der Waals surface area (Å²) in [6.45, 7) is 17.8. The van der Waals surface area contributed by atoms with Gasteiger partial charge in [-0.1, -0.05) is 46.3 Å². The van der Waals surface area contributed by atoms with E-state index in [0.717, 1.165) is 19.3 Å². The Hall–Kier alpha value is -0.780. The maximum Gasteiger partial charge on any atom is 0.187 e. The maximum atomic E-state index is 12.3. The van der Waals surface area contributed by atoms with Gasteiger partial charge in [0, 0.05) is 0 Å². The Morgan fingerprint density at radius 1 is 0.818 bits per heavy atom. The van der Waals surface area contributed by atoms with Gasteiger partial charge in [-0.25, -0.2) is 0 Å². The Balaban J connectivity index is 1.38. The molecule has 21 atom stereocenters. The molecule has 55 heavy (non-hydrogen) atoms. The summed E-state index contributed by atoms with van der Waals surface area (Å²) in [5, 5.41) is 100. The van der Waals surface area contributed by atoms with Crippen molar-refractivity contribution in [3.05, 3.63) is 11.6 Å². The Morgan fingerprint density at radius 2 is 1.49 bits per heavy atom. The zero-order chi connectivity index (χ0) is 40.8. The largest absolute Gasteiger partial charge is 0.394 e. The first-order valence-electron chi connectivity index (χ1n) is 20.8. The van der Waals surface area contributed by atoms with E-state index >= 15 is 0 Å². The molecule has 4 aliphatic carbocycles. The van der Waals surface area contributed by atoms with E-state index < -0.39 is 114 Å². The van der Waals surface area contributed by atoms with Crippen LogP contribution in [0.3, 0.4) is 0 Å². The van der Waals surface area contributed by atoms with Crippen LogP contribution in [-0.4, -0.2) is 138 Å². The predicted octanol–water partition coefficient (Wildman–Crippen LogP) is 2.15. The molecule has 13 nitrogen and oxygen atoms in total. The summed E-state index contributed by atoms with van der Waals surface area (Å²) in [5.41, 5.74) is -1.71. The minimum Gasteiger partial charge on any atom is -0.394 e. The Labute approximate surface area is 327 Å². The van der Waals surface area contributed by atoms with Gasteiger partial charge in [-0.2, -0.15) is 0 Å². The zero-order valence-electron chi connectivity index (χ0n) is 34.4. The van der Waals surface area contributed by atoms with Gasteiger partial charge in [0.2, 0.25) is 0 Å². The van der Waals surface area contributed by atoms with Gasteiger partial charge in [-0.3, -0.25) is 0 Å². The average Bonchev–Trinajstić information content (AvgIpc) is 3.49. The van der Waals surface area contributed by atoms with Crippen molar-refractivity contribution in [1.82, 2.24) is 0 Å². The van der Waals surface area contributed by atoms with Crippen LogP contribution >= 0.6 is 0 Å². The molecule has 318 valence electrons. The number of rotatable bonds is 9. The molecule has 13 heteroatoms. The lowest BCUT2D eigenvalue weighted by molar-refractivity contribution is -0.382. The predicted molar refractivity (Wildman–Crippen MR) is 201 cm³/mol. The number of hydrogen-bond donors (Lipinski definition) is 9. The molecule has 2 saturated heterocycles. The van der Waals surface area contributed by atoms with Crippen molar-refractivity contribution >= 4 is 0 Å². The van der Waals surface area contributed by atoms with E-state index in [1.807, 2.05) is 20.8 Å². The second kappa shape index (κ2) is 15.4. The molecule has 6 rings (SSSR count). The van der Waals surface area contributed by atoms with Gasteiger partial charge in [-0.05, 0) is 124 Å². The second-order valence-electron chi connectivity index (χ2n) is 20.3. The molecule has 0 radical (unpaired) electrons. The number of aliphatic hydroxyl groups excluding tert-OH is 8. The third-order valence-corrected chi connectivity index (χ3v) is 16.5. The summed E-state index contributed by atoms with van der Waals surface area (Å²) in [7, 11) is 0. The molecule has 0 spiro atoms. The minimum atomic E-state index is -1.70. The van der Waals surface area contributed by atoms with E-state index in [0.29, 0.717) is 32.1 Å². The first-order chi connectivity index (χ1) is 25.5. The molecule has 6 aliphatic rings. The van der Waals surface area contributed by atoms with Crippen molar-refractivity contribution in [2.45, 2.75) is 199 Å². The molecule has 4 saturated carbocycles. The normalized spacial score (nSPS) is 53.4. The van der Waals surface area contributed by atoms with Gasteiger partial charge in [0.15, 0.2) is 12.6 Å². The van der Waals surface area contributed by atoms with Crippen molar-refractivity contribution < 1.29 is 64.9 Å². The zero-order valence-corrected chi connectivity index (χ0v) is 34.4. The lowest BCUT2D eigenvalue weighted by atomic mass is 9.34. The van der Waals surface area contributed by atoms with Gasteiger partial charge in [-0.15, -0.1) is 0 Å². The van der Waals surface area contributed by atoms with Crippen molar-refractivity contribution in [3.63, 3.8) is 0 Å². The van der Waals surface area contributed by atoms with Crippen LogP contribution in [0.2, 0.25) is 0 Å². The molecule has 2 heterocycles. The highest BCUT2D eigenvalue weighted by molar-refractivity contribution is 5.22. The van der Waals surface area contributed by atoms with E-state index in [1.165, 1.54) is 12.5 Å². The van der Waals surface area contributed by atoms with E-state index in [9.17, 15) is 46.0 Å². The molecular formula is C42H72O13. The lowest BCUT2D eigenvalue weighted by Crippen LogP contribution is -2.71. The van der Waals surface area contributed by atoms with Crippen molar-refractivity contribution in [3.8, 4) is 0 Å². The Kier molecular flexibility index (Phi) is 12.2. The van der Waals surface area contributed by atoms with E-state index in [4.69, 9.17) is 18.9 Å². The standard InChI is InChI=1S/C42H72O13/c1-20(2)11-10-14-42(9,51)22-12-16-40(7)28(22)23(44)17-26-39(6)15-13-27(45)38(4,5)35(39)24(18-41(26,40)8)53-37-34(32(49)30(47)25(19-43)54-37)55-36-33(50)31(48)29(46)21(3)52-36/h11,21-37,43-51H,10,12-19H2,1-9H3/t21-,22-,23+,24-,25+,26+,27-,28-,29-,30+,31+,32-,33-,34+,35-,36+,37+,39+,40+,41+,42?/m0/s1. The number of aliphatic hydroxyl groups is 9. The third-order valence-electron chi connectivity index (χ3n) is 16.5. The smallest absolute Gasteiger partial charge is 0.187 e. The van der Waals surface area contributed by atoms with Gasteiger partial charge in [0.25, 0.3) is 0 Å². The maximum absolute atomic E-state index is 12.3. The monoisotopic (exact) mass is 784 g/mol. The SMILES string of the molecule is CC(C)=CCCC(C)(O)[C@H]1CC[C@]2(C)[C@@H]1[C@H](O)C[C@@H]1[C@@]3(C)CC[C@H](O)C(C)(C)[C@@H]3[C@@H](O[C@@H]3O[C@H](CO)[C@@H](O)[C@H](O)[C@H]3O[C@H]3O[C@@H](C)[C@H](O)[C@@H](O)[C@@H]3O)C[C@]12C. The number of allylic oxidation sites excluding steroid dienone is 2. The van der Waals surface area contributed by atoms with Crippen LogP contribution < -0.4 is 0 Å². The van der Waals surface area contributed by atoms with Crippen molar-refractivity contribution in [1.29, 1.82) is 0 Å². The van der Waals surface area contributed by atoms with E-state index in [2.05, 4.69) is 40.7 Å². The van der Waals surface area contributed by atoms with Crippen LogP contribution in [0.15, 0.2) is 11.6 Å². The fourth-order valence-corrected chi connectivity index (χ4v) is 13.3. The van der Waals surface area contributed by atoms with Gasteiger partial charge in [0.05, 0.1) is 36.6 Å². The number of ether oxygens (including phenoxy) is 4. The van der Waals surface area contributed by atoms with Crippen molar-refractivity contribution in [2.75, 3.05) is 6.61 Å². The van der Waals surface area contributed by atoms with Gasteiger partial charge < -0.3 is 64.9 Å². The summed E-state index contributed by atoms with van der Waals surface area (Å²) in [4.78, 5) is 0. The minimum absolute atomic E-state index is 0.0411. The van der Waals surface area contributed by atoms with Crippen LogP contribution in [0.5, 0.6) is 0 Å². The highest BCUT2D eigenvalue weighted by Crippen LogP contribution is 2.76. The third kappa shape index (κ3) is 7.10. The molecular weight excluding hydrogens is 712 g/mol. The summed E-state index contributed by atoms with van der Waals surface area (Å²) >= 11 is 0. The van der Waals surface area contributed by atoms with Gasteiger partial charge in [0.1, 0.15) is 42.7 Å². The van der Waals surface area contributed by atoms with Crippen LogP contribution in [0.4, 0.5) is 0 Å². The first-order valence-corrected chi connectivity index (χ1v) is 20.8. The Bertz CT molecular complexity index is 1390. The van der Waals surface area contributed by atoms with Crippen molar-refractivity contribution in [2.24, 2.45) is 45.3 Å². The Morgan fingerprint density at radius 3 is 2.13 bits per heavy atom. The van der Waals surface area contributed by atoms with E-state index in [1.54, 1.807) is 0 Å². The van der Waals surface area contributed by atoms with Gasteiger partial charge >= 0.3 is 0 Å². The fraction of sp³-hybridized carbons (Fsp3) is 0.952. The van der Waals surface area contributed by atoms with Crippen LogP contribution in [0.25, 0.3) is 0 Å². The number of fused-ring (bicyclic) bond motifs is 5. The molecule has 0 amide bonds. The molecule has 9 N–H and O–H groups in total. The molecule has 0 bridgehead atoms. The van der Waals surface area contributed by atoms with Crippen LogP contribution in [0.1, 0.15) is 114 Å². The number of hydrogen-bond acceptors (Lipinski definition) is 13. The first kappa shape index (κ1) is 43.8. The van der Waals surface area contributed by atoms with E-state index in [-0.39, 0.29) is 23.7 Å². The molecule has 0 aromatic rings. The molecule has 6 fully saturated rings. The molecule has 0 aromatic heterocycles. The lowest BCUT2D eigenvalue weighted by Gasteiger charge is -2.72. The summed E-state index contributed by atoms with van der Waals surface area (Å²) in [5.74, 6) is -0.526. The molecule has 2 aliphatic heterocycles. The summed E-state index contributed by atoms with van der Waals surface area (Å²) in [6, 6.07) is 0. The quantitative estimate of drug-likeness (QED) is 0.121. The highest BCUT2D eigenvalue weighted by Gasteiger charge is 2.73. The van der Waals surface area contributed by atoms with Crippen LogP contribution in [-0.2, 0) is 18.9 Å². The summed E-state index contributed by atoms with van der Waals surface area (Å²) in [6.07, 6.45) is -8.99. The van der Waals surface area contributed by atoms with Crippen LogP contribution in [0, 0.1) is 45.3 Å². The fourth-order valence-electron chi connectivity index (χ4n) is 13.3.